The lowest BCUT2D eigenvalue weighted by Gasteiger charge is -2.09. The number of hydrogen-bond donors (Lipinski definition) is 1. The second kappa shape index (κ2) is 7.04. The van der Waals surface area contributed by atoms with Gasteiger partial charge in [0, 0.05) is 6.54 Å². The maximum atomic E-state index is 13.6. The molecular formula is C15H20FNO3S. The van der Waals surface area contributed by atoms with Gasteiger partial charge in [-0.05, 0) is 42.9 Å². The van der Waals surface area contributed by atoms with Gasteiger partial charge in [-0.15, -0.1) is 6.58 Å². The second-order valence-corrected chi connectivity index (χ2v) is 7.09. The highest BCUT2D eigenvalue weighted by Crippen LogP contribution is 2.30. The summed E-state index contributed by atoms with van der Waals surface area (Å²) in [5.41, 5.74) is 0.837. The summed E-state index contributed by atoms with van der Waals surface area (Å²) in [6.07, 6.45) is 4.11. The van der Waals surface area contributed by atoms with Gasteiger partial charge in [-0.25, -0.2) is 17.5 Å². The molecule has 0 amide bonds. The van der Waals surface area contributed by atoms with Crippen molar-refractivity contribution >= 4 is 10.0 Å². The van der Waals surface area contributed by atoms with E-state index in [-0.39, 0.29) is 23.9 Å². The van der Waals surface area contributed by atoms with E-state index in [2.05, 4.69) is 11.3 Å². The molecule has 0 saturated heterocycles. The summed E-state index contributed by atoms with van der Waals surface area (Å²) >= 11 is 0. The van der Waals surface area contributed by atoms with E-state index in [9.17, 15) is 12.8 Å². The number of rotatable bonds is 9. The molecule has 1 aliphatic rings. The van der Waals surface area contributed by atoms with Crippen LogP contribution < -0.4 is 9.46 Å². The number of halogens is 1. The lowest BCUT2D eigenvalue weighted by molar-refractivity contribution is 0.285. The van der Waals surface area contributed by atoms with Crippen LogP contribution in [-0.2, 0) is 16.4 Å². The molecule has 116 valence electrons. The minimum atomic E-state index is -3.31. The first-order valence-corrected chi connectivity index (χ1v) is 8.65. The second-order valence-electron chi connectivity index (χ2n) is 5.23. The van der Waals surface area contributed by atoms with E-state index in [0.29, 0.717) is 18.9 Å². The van der Waals surface area contributed by atoms with E-state index in [1.807, 2.05) is 0 Å². The first kappa shape index (κ1) is 16.0. The van der Waals surface area contributed by atoms with E-state index in [0.717, 1.165) is 18.4 Å². The predicted molar refractivity (Wildman–Crippen MR) is 80.3 cm³/mol. The first-order valence-electron chi connectivity index (χ1n) is 6.99. The zero-order chi connectivity index (χ0) is 15.3. The molecule has 1 fully saturated rings. The Morgan fingerprint density at radius 2 is 2.19 bits per heavy atom. The first-order chi connectivity index (χ1) is 10.00. The fourth-order valence-corrected chi connectivity index (χ4v) is 2.71. The summed E-state index contributed by atoms with van der Waals surface area (Å²) in [6, 6.07) is 4.64. The third kappa shape index (κ3) is 5.47. The minimum Gasteiger partial charge on any atom is -0.490 e. The maximum absolute atomic E-state index is 13.6. The Balaban J connectivity index is 1.87. The number of ether oxygens (including phenoxy) is 1. The van der Waals surface area contributed by atoms with E-state index in [1.54, 1.807) is 12.1 Å². The zero-order valence-corrected chi connectivity index (χ0v) is 12.7. The zero-order valence-electron chi connectivity index (χ0n) is 11.8. The highest BCUT2D eigenvalue weighted by molar-refractivity contribution is 7.89. The van der Waals surface area contributed by atoms with Crippen LogP contribution in [0.2, 0.25) is 0 Å². The number of sulfonamides is 1. The molecule has 0 spiro atoms. The van der Waals surface area contributed by atoms with Crippen LogP contribution in [-0.4, -0.2) is 27.3 Å². The van der Waals surface area contributed by atoms with Gasteiger partial charge in [0.2, 0.25) is 10.0 Å². The molecule has 1 N–H and O–H groups in total. The summed E-state index contributed by atoms with van der Waals surface area (Å²) in [6.45, 7) is 4.21. The fourth-order valence-electron chi connectivity index (χ4n) is 1.87. The Hall–Kier alpha value is -1.40. The fraction of sp³-hybridized carbons (Fsp3) is 0.467. The van der Waals surface area contributed by atoms with E-state index < -0.39 is 10.0 Å². The molecule has 0 bridgehead atoms. The third-order valence-corrected chi connectivity index (χ3v) is 4.56. The van der Waals surface area contributed by atoms with Gasteiger partial charge in [-0.3, -0.25) is 0 Å². The Labute approximate surface area is 125 Å². The molecule has 6 heteroatoms. The number of benzene rings is 1. The highest BCUT2D eigenvalue weighted by Gasteiger charge is 2.22. The highest BCUT2D eigenvalue weighted by atomic mass is 32.2. The molecule has 4 nitrogen and oxygen atoms in total. The Bertz CT molecular complexity index is 597. The van der Waals surface area contributed by atoms with Crippen molar-refractivity contribution in [1.29, 1.82) is 0 Å². The normalized spacial score (nSPS) is 14.9. The Kier molecular flexibility index (Phi) is 5.36. The van der Waals surface area contributed by atoms with Gasteiger partial charge >= 0.3 is 0 Å². The SMILES string of the molecule is C=CCS(=O)(=O)NCCc1ccc(F)c(OCC2CC2)c1. The molecule has 0 aromatic heterocycles. The average molecular weight is 313 g/mol. The molecule has 0 atom stereocenters. The average Bonchev–Trinajstić information content (AvgIpc) is 3.23. The van der Waals surface area contributed by atoms with Crippen LogP contribution in [0.15, 0.2) is 30.9 Å². The minimum absolute atomic E-state index is 0.105. The maximum Gasteiger partial charge on any atom is 0.215 e. The number of hydrogen-bond acceptors (Lipinski definition) is 3. The van der Waals surface area contributed by atoms with Crippen molar-refractivity contribution in [3.63, 3.8) is 0 Å². The molecule has 0 aliphatic heterocycles. The molecule has 0 radical (unpaired) electrons. The van der Waals surface area contributed by atoms with E-state index in [1.165, 1.54) is 12.1 Å². The van der Waals surface area contributed by atoms with Gasteiger partial charge in [0.15, 0.2) is 11.6 Å². The largest absolute Gasteiger partial charge is 0.490 e. The van der Waals surface area contributed by atoms with E-state index in [4.69, 9.17) is 4.74 Å². The van der Waals surface area contributed by atoms with Crippen LogP contribution in [0.4, 0.5) is 4.39 Å². The smallest absolute Gasteiger partial charge is 0.215 e. The van der Waals surface area contributed by atoms with Crippen LogP contribution in [0.1, 0.15) is 18.4 Å². The molecule has 0 unspecified atom stereocenters. The molecule has 1 aromatic carbocycles. The van der Waals surface area contributed by atoms with Crippen molar-refractivity contribution in [2.24, 2.45) is 5.92 Å². The molecule has 21 heavy (non-hydrogen) atoms. The van der Waals surface area contributed by atoms with Gasteiger partial charge in [0.05, 0.1) is 12.4 Å². The van der Waals surface area contributed by atoms with Gasteiger partial charge in [0.25, 0.3) is 0 Å². The van der Waals surface area contributed by atoms with Crippen LogP contribution in [0.5, 0.6) is 5.75 Å². The summed E-state index contributed by atoms with van der Waals surface area (Å²) in [5.74, 6) is 0.311. The van der Waals surface area contributed by atoms with E-state index >= 15 is 0 Å². The lowest BCUT2D eigenvalue weighted by atomic mass is 10.1. The van der Waals surface area contributed by atoms with Crippen molar-refractivity contribution in [3.05, 3.63) is 42.2 Å². The molecule has 1 aliphatic carbocycles. The molecule has 2 rings (SSSR count). The summed E-state index contributed by atoms with van der Waals surface area (Å²) < 4.78 is 44.5. The quantitative estimate of drug-likeness (QED) is 0.712. The molecule has 0 heterocycles. The lowest BCUT2D eigenvalue weighted by Crippen LogP contribution is -2.27. The van der Waals surface area contributed by atoms with Crippen molar-refractivity contribution < 1.29 is 17.5 Å². The summed E-state index contributed by atoms with van der Waals surface area (Å²) in [5, 5.41) is 0. The van der Waals surface area contributed by atoms with Crippen molar-refractivity contribution in [2.75, 3.05) is 18.9 Å². The van der Waals surface area contributed by atoms with Gasteiger partial charge in [-0.2, -0.15) is 0 Å². The standard InChI is InChI=1S/C15H20FNO3S/c1-2-9-21(18,19)17-8-7-12-5-6-14(16)15(10-12)20-11-13-3-4-13/h2,5-6,10,13,17H,1,3-4,7-9,11H2. The van der Waals surface area contributed by atoms with Gasteiger partial charge in [-0.1, -0.05) is 12.1 Å². The summed E-state index contributed by atoms with van der Waals surface area (Å²) in [4.78, 5) is 0. The third-order valence-electron chi connectivity index (χ3n) is 3.24. The van der Waals surface area contributed by atoms with Gasteiger partial charge in [0.1, 0.15) is 0 Å². The molecular weight excluding hydrogens is 293 g/mol. The topological polar surface area (TPSA) is 55.4 Å². The van der Waals surface area contributed by atoms with Crippen LogP contribution in [0.25, 0.3) is 0 Å². The summed E-state index contributed by atoms with van der Waals surface area (Å²) in [7, 11) is -3.31. The Morgan fingerprint density at radius 1 is 1.43 bits per heavy atom. The van der Waals surface area contributed by atoms with Crippen LogP contribution in [0, 0.1) is 11.7 Å². The van der Waals surface area contributed by atoms with Crippen LogP contribution in [0.3, 0.4) is 0 Å². The van der Waals surface area contributed by atoms with Gasteiger partial charge < -0.3 is 4.74 Å². The van der Waals surface area contributed by atoms with Crippen molar-refractivity contribution in [3.8, 4) is 5.75 Å². The Morgan fingerprint density at radius 3 is 2.86 bits per heavy atom. The predicted octanol–water partition coefficient (Wildman–Crippen LogP) is 2.26. The molecule has 1 saturated carbocycles. The number of nitrogens with one attached hydrogen (secondary N) is 1. The molecule has 1 aromatic rings. The monoisotopic (exact) mass is 313 g/mol. The van der Waals surface area contributed by atoms with Crippen LogP contribution >= 0.6 is 0 Å². The van der Waals surface area contributed by atoms with Crippen molar-refractivity contribution in [2.45, 2.75) is 19.3 Å². The van der Waals surface area contributed by atoms with Crippen molar-refractivity contribution in [1.82, 2.24) is 4.72 Å².